The van der Waals surface area contributed by atoms with Crippen LogP contribution in [0.1, 0.15) is 57.0 Å². The fourth-order valence-corrected chi connectivity index (χ4v) is 5.67. The SMILES string of the molecule is COc1cccc(CCc2nc3cccnc3n2C2CCN(C(=O)C3CCOC(C)(C)C3)CC2)c1. The molecule has 1 unspecified atom stereocenters. The lowest BCUT2D eigenvalue weighted by Gasteiger charge is -2.39. The van der Waals surface area contributed by atoms with Crippen molar-refractivity contribution in [3.63, 3.8) is 0 Å². The fraction of sp³-hybridized carbons (Fsp3) is 0.536. The van der Waals surface area contributed by atoms with Crippen molar-refractivity contribution in [2.45, 2.75) is 64.0 Å². The Kier molecular flexibility index (Phi) is 6.78. The van der Waals surface area contributed by atoms with E-state index >= 15 is 0 Å². The summed E-state index contributed by atoms with van der Waals surface area (Å²) in [7, 11) is 1.70. The number of amides is 1. The Bertz CT molecular complexity index is 1180. The van der Waals surface area contributed by atoms with Crippen LogP contribution in [0.2, 0.25) is 0 Å². The van der Waals surface area contributed by atoms with Gasteiger partial charge in [-0.25, -0.2) is 9.97 Å². The largest absolute Gasteiger partial charge is 0.497 e. The van der Waals surface area contributed by atoms with Crippen molar-refractivity contribution in [2.75, 3.05) is 26.8 Å². The van der Waals surface area contributed by atoms with Crippen LogP contribution in [-0.4, -0.2) is 57.7 Å². The predicted molar refractivity (Wildman–Crippen MR) is 136 cm³/mol. The molecule has 0 saturated carbocycles. The van der Waals surface area contributed by atoms with E-state index in [1.165, 1.54) is 5.56 Å². The molecule has 2 fully saturated rings. The number of carbonyl (C=O) groups excluding carboxylic acids is 1. The van der Waals surface area contributed by atoms with Gasteiger partial charge < -0.3 is 18.9 Å². The standard InChI is InChI=1S/C28H36N4O3/c1-28(2)19-21(13-17-35-28)27(33)31-15-11-22(12-16-31)32-25(30-24-8-5-14-29-26(24)32)10-9-20-6-4-7-23(18-20)34-3/h4-8,14,18,21-22H,9-13,15-17,19H2,1-3H3. The summed E-state index contributed by atoms with van der Waals surface area (Å²) in [6.07, 6.45) is 7.04. The number of hydrogen-bond donors (Lipinski definition) is 0. The Labute approximate surface area is 207 Å². The summed E-state index contributed by atoms with van der Waals surface area (Å²) >= 11 is 0. The first kappa shape index (κ1) is 23.8. The van der Waals surface area contributed by atoms with Crippen LogP contribution in [0, 0.1) is 5.92 Å². The first-order chi connectivity index (χ1) is 16.9. The molecule has 5 rings (SSSR count). The van der Waals surface area contributed by atoms with Crippen LogP contribution in [-0.2, 0) is 22.4 Å². The number of hydrogen-bond acceptors (Lipinski definition) is 5. The Balaban J connectivity index is 1.30. The predicted octanol–water partition coefficient (Wildman–Crippen LogP) is 4.59. The minimum absolute atomic E-state index is 0.0736. The van der Waals surface area contributed by atoms with Gasteiger partial charge in [0.05, 0.1) is 12.7 Å². The van der Waals surface area contributed by atoms with Crippen molar-refractivity contribution in [1.82, 2.24) is 19.4 Å². The second kappa shape index (κ2) is 9.97. The van der Waals surface area contributed by atoms with Gasteiger partial charge in [-0.2, -0.15) is 0 Å². The van der Waals surface area contributed by atoms with Crippen LogP contribution in [0.5, 0.6) is 5.75 Å². The molecule has 1 atom stereocenters. The van der Waals surface area contributed by atoms with Crippen LogP contribution >= 0.6 is 0 Å². The maximum Gasteiger partial charge on any atom is 0.225 e. The number of imidazole rings is 1. The van der Waals surface area contributed by atoms with E-state index in [0.29, 0.717) is 18.6 Å². The van der Waals surface area contributed by atoms with E-state index in [9.17, 15) is 4.79 Å². The highest BCUT2D eigenvalue weighted by molar-refractivity contribution is 5.79. The summed E-state index contributed by atoms with van der Waals surface area (Å²) in [5.74, 6) is 2.32. The molecule has 7 heteroatoms. The van der Waals surface area contributed by atoms with Gasteiger partial charge >= 0.3 is 0 Å². The second-order valence-corrected chi connectivity index (χ2v) is 10.5. The van der Waals surface area contributed by atoms with E-state index in [4.69, 9.17) is 14.5 Å². The molecule has 0 spiro atoms. The molecule has 2 saturated heterocycles. The summed E-state index contributed by atoms with van der Waals surface area (Å²) < 4.78 is 13.6. The molecular weight excluding hydrogens is 440 g/mol. The molecular formula is C28H36N4O3. The molecule has 2 aromatic heterocycles. The van der Waals surface area contributed by atoms with Crippen molar-refractivity contribution < 1.29 is 14.3 Å². The van der Waals surface area contributed by atoms with Gasteiger partial charge in [0, 0.05) is 44.3 Å². The number of pyridine rings is 1. The molecule has 0 radical (unpaired) electrons. The number of carbonyl (C=O) groups is 1. The van der Waals surface area contributed by atoms with Gasteiger partial charge in [-0.05, 0) is 75.8 Å². The van der Waals surface area contributed by atoms with Crippen LogP contribution in [0.25, 0.3) is 11.2 Å². The van der Waals surface area contributed by atoms with Gasteiger partial charge in [0.1, 0.15) is 17.1 Å². The summed E-state index contributed by atoms with van der Waals surface area (Å²) in [6.45, 7) is 6.40. The number of aryl methyl sites for hydroxylation is 2. The number of rotatable bonds is 6. The van der Waals surface area contributed by atoms with E-state index in [2.05, 4.69) is 40.4 Å². The second-order valence-electron chi connectivity index (χ2n) is 10.5. The zero-order chi connectivity index (χ0) is 24.4. The average Bonchev–Trinajstić information content (AvgIpc) is 3.25. The van der Waals surface area contributed by atoms with Crippen LogP contribution in [0.15, 0.2) is 42.6 Å². The highest BCUT2D eigenvalue weighted by Crippen LogP contribution is 2.33. The smallest absolute Gasteiger partial charge is 0.225 e. The average molecular weight is 477 g/mol. The molecule has 0 bridgehead atoms. The molecule has 1 amide bonds. The molecule has 3 aromatic rings. The van der Waals surface area contributed by atoms with Crippen LogP contribution in [0.4, 0.5) is 0 Å². The Hall–Kier alpha value is -2.93. The first-order valence-electron chi connectivity index (χ1n) is 12.8. The van der Waals surface area contributed by atoms with Gasteiger partial charge in [0.15, 0.2) is 5.65 Å². The fourth-order valence-electron chi connectivity index (χ4n) is 5.67. The van der Waals surface area contributed by atoms with Crippen molar-refractivity contribution in [3.8, 4) is 5.75 Å². The van der Waals surface area contributed by atoms with E-state index in [0.717, 1.165) is 74.4 Å². The van der Waals surface area contributed by atoms with Crippen molar-refractivity contribution in [2.24, 2.45) is 5.92 Å². The molecule has 7 nitrogen and oxygen atoms in total. The highest BCUT2D eigenvalue weighted by Gasteiger charge is 2.36. The lowest BCUT2D eigenvalue weighted by Crippen LogP contribution is -2.46. The normalized spacial score (nSPS) is 20.8. The van der Waals surface area contributed by atoms with E-state index < -0.39 is 0 Å². The molecule has 0 aliphatic carbocycles. The van der Waals surface area contributed by atoms with Crippen molar-refractivity contribution in [1.29, 1.82) is 0 Å². The molecule has 2 aliphatic rings. The third kappa shape index (κ3) is 5.20. The van der Waals surface area contributed by atoms with Crippen LogP contribution in [0.3, 0.4) is 0 Å². The van der Waals surface area contributed by atoms with E-state index in [-0.39, 0.29) is 11.5 Å². The minimum atomic E-state index is -0.212. The minimum Gasteiger partial charge on any atom is -0.497 e. The van der Waals surface area contributed by atoms with Gasteiger partial charge in [-0.15, -0.1) is 0 Å². The zero-order valence-corrected chi connectivity index (χ0v) is 21.1. The first-order valence-corrected chi connectivity index (χ1v) is 12.8. The maximum atomic E-state index is 13.3. The number of benzene rings is 1. The highest BCUT2D eigenvalue weighted by atomic mass is 16.5. The number of fused-ring (bicyclic) bond motifs is 1. The van der Waals surface area contributed by atoms with E-state index in [1.54, 1.807) is 7.11 Å². The summed E-state index contributed by atoms with van der Waals surface area (Å²) in [4.78, 5) is 25.0. The number of aromatic nitrogens is 3. The number of likely N-dealkylation sites (tertiary alicyclic amines) is 1. The van der Waals surface area contributed by atoms with Crippen molar-refractivity contribution in [3.05, 3.63) is 54.0 Å². The molecule has 186 valence electrons. The Morgan fingerprint density at radius 3 is 2.74 bits per heavy atom. The number of methoxy groups -OCH3 is 1. The third-order valence-electron chi connectivity index (χ3n) is 7.48. The molecule has 2 aliphatic heterocycles. The molecule has 4 heterocycles. The molecule has 1 aromatic carbocycles. The third-order valence-corrected chi connectivity index (χ3v) is 7.48. The number of piperidine rings is 1. The summed E-state index contributed by atoms with van der Waals surface area (Å²) in [5, 5.41) is 0. The Morgan fingerprint density at radius 1 is 1.14 bits per heavy atom. The topological polar surface area (TPSA) is 69.5 Å². The monoisotopic (exact) mass is 476 g/mol. The van der Waals surface area contributed by atoms with Crippen LogP contribution < -0.4 is 4.74 Å². The lowest BCUT2D eigenvalue weighted by atomic mass is 9.87. The lowest BCUT2D eigenvalue weighted by molar-refractivity contribution is -0.146. The number of ether oxygens (including phenoxy) is 2. The van der Waals surface area contributed by atoms with Gasteiger partial charge in [0.25, 0.3) is 0 Å². The van der Waals surface area contributed by atoms with Crippen molar-refractivity contribution >= 4 is 17.1 Å². The van der Waals surface area contributed by atoms with Gasteiger partial charge in [0.2, 0.25) is 5.91 Å². The number of nitrogens with zero attached hydrogens (tertiary/aromatic N) is 4. The Morgan fingerprint density at radius 2 is 1.97 bits per heavy atom. The summed E-state index contributed by atoms with van der Waals surface area (Å²) in [5.41, 5.74) is 2.91. The van der Waals surface area contributed by atoms with Gasteiger partial charge in [-0.3, -0.25) is 4.79 Å². The summed E-state index contributed by atoms with van der Waals surface area (Å²) in [6, 6.07) is 12.5. The molecule has 0 N–H and O–H groups in total. The van der Waals surface area contributed by atoms with E-state index in [1.807, 2.05) is 30.5 Å². The van der Waals surface area contributed by atoms with Gasteiger partial charge in [-0.1, -0.05) is 12.1 Å². The zero-order valence-electron chi connectivity index (χ0n) is 21.1. The maximum absolute atomic E-state index is 13.3. The quantitative estimate of drug-likeness (QED) is 0.520. The molecule has 35 heavy (non-hydrogen) atoms.